The van der Waals surface area contributed by atoms with Crippen LogP contribution in [0.2, 0.25) is 0 Å². The monoisotopic (exact) mass is 436 g/mol. The van der Waals surface area contributed by atoms with Gasteiger partial charge in [-0.05, 0) is 55.3 Å². The molecule has 0 unspecified atom stereocenters. The zero-order valence-electron chi connectivity index (χ0n) is 17.9. The van der Waals surface area contributed by atoms with Gasteiger partial charge in [0, 0.05) is 47.9 Å². The summed E-state index contributed by atoms with van der Waals surface area (Å²) >= 11 is 0. The molecule has 3 heterocycles. The summed E-state index contributed by atoms with van der Waals surface area (Å²) in [5.41, 5.74) is 4.61. The van der Waals surface area contributed by atoms with Gasteiger partial charge >= 0.3 is 0 Å². The summed E-state index contributed by atoms with van der Waals surface area (Å²) in [6, 6.07) is 16.4. The summed E-state index contributed by atoms with van der Waals surface area (Å²) in [4.78, 5) is 31.3. The SMILES string of the molecule is CNC(=O)c1ccc(-c2cnn3ccc(C(=O)N(c4ccc(C#N)cc4)C4CC4)cc23)cn1. The highest BCUT2D eigenvalue weighted by molar-refractivity contribution is 6.08. The number of amides is 2. The van der Waals surface area contributed by atoms with Gasteiger partial charge in [0.2, 0.25) is 0 Å². The van der Waals surface area contributed by atoms with E-state index >= 15 is 0 Å². The van der Waals surface area contributed by atoms with E-state index in [1.54, 1.807) is 54.4 Å². The van der Waals surface area contributed by atoms with Gasteiger partial charge in [-0.3, -0.25) is 14.6 Å². The molecule has 0 radical (unpaired) electrons. The van der Waals surface area contributed by atoms with Crippen molar-refractivity contribution in [3.05, 3.63) is 83.9 Å². The molecule has 0 saturated heterocycles. The van der Waals surface area contributed by atoms with Crippen molar-refractivity contribution in [3.8, 4) is 17.2 Å². The van der Waals surface area contributed by atoms with Gasteiger partial charge in [0.25, 0.3) is 11.8 Å². The summed E-state index contributed by atoms with van der Waals surface area (Å²) in [6.45, 7) is 0. The van der Waals surface area contributed by atoms with E-state index in [2.05, 4.69) is 21.5 Å². The quantitative estimate of drug-likeness (QED) is 0.516. The maximum atomic E-state index is 13.5. The zero-order valence-corrected chi connectivity index (χ0v) is 17.9. The van der Waals surface area contributed by atoms with Gasteiger partial charge in [-0.2, -0.15) is 10.4 Å². The van der Waals surface area contributed by atoms with Gasteiger partial charge in [0.15, 0.2) is 0 Å². The Morgan fingerprint density at radius 3 is 2.55 bits per heavy atom. The van der Waals surface area contributed by atoms with Gasteiger partial charge in [-0.1, -0.05) is 6.07 Å². The predicted octanol–water partition coefficient (Wildman–Crippen LogP) is 3.44. The highest BCUT2D eigenvalue weighted by atomic mass is 16.2. The van der Waals surface area contributed by atoms with Crippen LogP contribution in [0.25, 0.3) is 16.6 Å². The van der Waals surface area contributed by atoms with Crippen molar-refractivity contribution in [1.29, 1.82) is 5.26 Å². The lowest BCUT2D eigenvalue weighted by molar-refractivity contribution is 0.0956. The Labute approximate surface area is 190 Å². The second kappa shape index (κ2) is 8.20. The van der Waals surface area contributed by atoms with Crippen LogP contribution in [0, 0.1) is 11.3 Å². The van der Waals surface area contributed by atoms with Crippen molar-refractivity contribution < 1.29 is 9.59 Å². The van der Waals surface area contributed by atoms with E-state index in [4.69, 9.17) is 5.26 Å². The topological polar surface area (TPSA) is 103 Å². The Balaban J connectivity index is 1.50. The molecule has 0 aliphatic heterocycles. The molecule has 3 aromatic heterocycles. The van der Waals surface area contributed by atoms with Gasteiger partial charge in [0.05, 0.1) is 23.3 Å². The molecule has 4 aromatic rings. The standard InChI is InChI=1S/C25H20N6O2/c1-27-24(32)22-9-4-18(14-28-22)21-15-29-30-11-10-17(12-23(21)30)25(33)31(20-7-8-20)19-5-2-16(13-26)3-6-19/h2-6,9-12,14-15,20H,7-8H2,1H3,(H,27,32). The van der Waals surface area contributed by atoms with Crippen molar-refractivity contribution in [1.82, 2.24) is 19.9 Å². The molecule has 1 saturated carbocycles. The maximum absolute atomic E-state index is 13.5. The number of pyridine rings is 2. The number of fused-ring (bicyclic) bond motifs is 1. The Hall–Kier alpha value is -4.51. The molecular formula is C25H20N6O2. The van der Waals surface area contributed by atoms with Gasteiger partial charge < -0.3 is 10.2 Å². The summed E-state index contributed by atoms with van der Waals surface area (Å²) < 4.78 is 1.71. The molecular weight excluding hydrogens is 416 g/mol. The number of hydrogen-bond acceptors (Lipinski definition) is 5. The lowest BCUT2D eigenvalue weighted by atomic mass is 10.1. The van der Waals surface area contributed by atoms with Crippen LogP contribution in [-0.2, 0) is 0 Å². The molecule has 33 heavy (non-hydrogen) atoms. The summed E-state index contributed by atoms with van der Waals surface area (Å²) in [5.74, 6) is -0.345. The van der Waals surface area contributed by atoms with Crippen LogP contribution < -0.4 is 10.2 Å². The van der Waals surface area contributed by atoms with E-state index < -0.39 is 0 Å². The minimum atomic E-state index is -0.253. The number of nitrogens with one attached hydrogen (secondary N) is 1. The molecule has 8 heteroatoms. The number of carbonyl (C=O) groups excluding carboxylic acids is 2. The minimum absolute atomic E-state index is 0.0926. The van der Waals surface area contributed by atoms with E-state index in [0.717, 1.165) is 35.2 Å². The van der Waals surface area contributed by atoms with Crippen LogP contribution in [0.1, 0.15) is 39.3 Å². The second-order valence-corrected chi connectivity index (χ2v) is 7.88. The first-order valence-corrected chi connectivity index (χ1v) is 10.6. The van der Waals surface area contributed by atoms with Crippen molar-refractivity contribution in [2.45, 2.75) is 18.9 Å². The van der Waals surface area contributed by atoms with E-state index in [-0.39, 0.29) is 17.9 Å². The fourth-order valence-corrected chi connectivity index (χ4v) is 3.81. The number of anilines is 1. The molecule has 1 aliphatic carbocycles. The summed E-state index contributed by atoms with van der Waals surface area (Å²) in [6.07, 6.45) is 7.02. The highest BCUT2D eigenvalue weighted by Crippen LogP contribution is 2.34. The van der Waals surface area contributed by atoms with Crippen molar-refractivity contribution in [2.75, 3.05) is 11.9 Å². The lowest BCUT2D eigenvalue weighted by Gasteiger charge is -2.23. The average Bonchev–Trinajstić information content (AvgIpc) is 3.61. The Kier molecular flexibility index (Phi) is 5.07. The van der Waals surface area contributed by atoms with E-state index in [1.165, 1.54) is 0 Å². The minimum Gasteiger partial charge on any atom is -0.354 e. The number of rotatable bonds is 5. The van der Waals surface area contributed by atoms with Crippen molar-refractivity contribution in [2.24, 2.45) is 0 Å². The maximum Gasteiger partial charge on any atom is 0.269 e. The lowest BCUT2D eigenvalue weighted by Crippen LogP contribution is -2.33. The molecule has 1 aliphatic rings. The highest BCUT2D eigenvalue weighted by Gasteiger charge is 2.34. The van der Waals surface area contributed by atoms with Crippen LogP contribution in [-0.4, -0.2) is 39.5 Å². The molecule has 162 valence electrons. The second-order valence-electron chi connectivity index (χ2n) is 7.88. The average molecular weight is 436 g/mol. The van der Waals surface area contributed by atoms with E-state index in [0.29, 0.717) is 16.8 Å². The number of benzene rings is 1. The normalized spacial score (nSPS) is 12.8. The largest absolute Gasteiger partial charge is 0.354 e. The molecule has 2 amide bonds. The van der Waals surface area contributed by atoms with Crippen LogP contribution in [0.15, 0.2) is 67.1 Å². The molecule has 1 aromatic carbocycles. The Morgan fingerprint density at radius 1 is 1.12 bits per heavy atom. The fraction of sp³-hybridized carbons (Fsp3) is 0.160. The summed E-state index contributed by atoms with van der Waals surface area (Å²) in [5, 5.41) is 16.0. The molecule has 5 rings (SSSR count). The van der Waals surface area contributed by atoms with E-state index in [1.807, 2.05) is 29.2 Å². The van der Waals surface area contributed by atoms with Crippen molar-refractivity contribution >= 4 is 23.0 Å². The van der Waals surface area contributed by atoms with Crippen LogP contribution >= 0.6 is 0 Å². The first-order chi connectivity index (χ1) is 16.1. The number of nitrogens with zero attached hydrogens (tertiary/aromatic N) is 5. The summed E-state index contributed by atoms with van der Waals surface area (Å²) in [7, 11) is 1.56. The van der Waals surface area contributed by atoms with Gasteiger partial charge in [0.1, 0.15) is 5.69 Å². The third-order valence-electron chi connectivity index (χ3n) is 5.71. The Morgan fingerprint density at radius 2 is 1.91 bits per heavy atom. The Bertz CT molecular complexity index is 1400. The van der Waals surface area contributed by atoms with Crippen LogP contribution in [0.3, 0.4) is 0 Å². The molecule has 1 N–H and O–H groups in total. The molecule has 0 bridgehead atoms. The number of carbonyl (C=O) groups is 2. The van der Waals surface area contributed by atoms with Gasteiger partial charge in [-0.15, -0.1) is 0 Å². The number of nitriles is 1. The predicted molar refractivity (Wildman–Crippen MR) is 123 cm³/mol. The third-order valence-corrected chi connectivity index (χ3v) is 5.71. The fourth-order valence-electron chi connectivity index (χ4n) is 3.81. The smallest absolute Gasteiger partial charge is 0.269 e. The first-order valence-electron chi connectivity index (χ1n) is 10.6. The zero-order chi connectivity index (χ0) is 22.9. The number of aromatic nitrogens is 3. The van der Waals surface area contributed by atoms with Crippen LogP contribution in [0.4, 0.5) is 5.69 Å². The van der Waals surface area contributed by atoms with E-state index in [9.17, 15) is 9.59 Å². The third kappa shape index (κ3) is 3.81. The van der Waals surface area contributed by atoms with Crippen molar-refractivity contribution in [3.63, 3.8) is 0 Å². The first kappa shape index (κ1) is 20.4. The molecule has 0 spiro atoms. The number of hydrogen-bond donors (Lipinski definition) is 1. The van der Waals surface area contributed by atoms with Crippen LogP contribution in [0.5, 0.6) is 0 Å². The molecule has 1 fully saturated rings. The van der Waals surface area contributed by atoms with Gasteiger partial charge in [-0.25, -0.2) is 4.52 Å². The molecule has 8 nitrogen and oxygen atoms in total. The molecule has 0 atom stereocenters.